The van der Waals surface area contributed by atoms with E-state index < -0.39 is 23.4 Å². The first-order valence-electron chi connectivity index (χ1n) is 10.5. The van der Waals surface area contributed by atoms with Crippen LogP contribution in [0.1, 0.15) is 68.1 Å². The molecule has 0 N–H and O–H groups in total. The second-order valence-corrected chi connectivity index (χ2v) is 8.56. The molecule has 2 aromatic rings. The number of benzene rings is 2. The van der Waals surface area contributed by atoms with E-state index in [0.29, 0.717) is 23.8 Å². The van der Waals surface area contributed by atoms with Gasteiger partial charge in [0.25, 0.3) is 0 Å². The number of halogens is 5. The van der Waals surface area contributed by atoms with E-state index in [1.165, 1.54) is 18.9 Å². The third kappa shape index (κ3) is 3.80. The average molecular weight is 408 g/mol. The SMILES string of the molecule is CCC[C@@H]1CC[C@@H]2c3cc(F)c(-c4ccc(C(F)(F)F)cc4)c(F)c3CC[C@@H]2C1. The highest BCUT2D eigenvalue weighted by Gasteiger charge is 2.37. The zero-order valence-electron chi connectivity index (χ0n) is 16.5. The smallest absolute Gasteiger partial charge is 0.206 e. The Labute approximate surface area is 168 Å². The fraction of sp³-hybridized carbons (Fsp3) is 0.500. The van der Waals surface area contributed by atoms with Crippen molar-refractivity contribution in [3.8, 4) is 11.1 Å². The van der Waals surface area contributed by atoms with Crippen LogP contribution in [-0.4, -0.2) is 0 Å². The quantitative estimate of drug-likeness (QED) is 0.453. The summed E-state index contributed by atoms with van der Waals surface area (Å²) in [6.45, 7) is 2.19. The van der Waals surface area contributed by atoms with Gasteiger partial charge in [-0.1, -0.05) is 31.9 Å². The highest BCUT2D eigenvalue weighted by atomic mass is 19.4. The van der Waals surface area contributed by atoms with Crippen LogP contribution in [0, 0.1) is 23.5 Å². The summed E-state index contributed by atoms with van der Waals surface area (Å²) < 4.78 is 68.7. The van der Waals surface area contributed by atoms with Gasteiger partial charge >= 0.3 is 6.18 Å². The van der Waals surface area contributed by atoms with Crippen molar-refractivity contribution in [2.75, 3.05) is 0 Å². The molecule has 0 radical (unpaired) electrons. The zero-order valence-corrected chi connectivity index (χ0v) is 16.5. The normalized spacial score (nSPS) is 24.1. The molecule has 0 nitrogen and oxygen atoms in total. The Morgan fingerprint density at radius 1 is 1.00 bits per heavy atom. The molecule has 4 rings (SSSR count). The van der Waals surface area contributed by atoms with Gasteiger partial charge in [-0.3, -0.25) is 0 Å². The minimum absolute atomic E-state index is 0.143. The van der Waals surface area contributed by atoms with Gasteiger partial charge in [-0.15, -0.1) is 0 Å². The molecule has 0 aromatic heterocycles. The minimum Gasteiger partial charge on any atom is -0.206 e. The van der Waals surface area contributed by atoms with Crippen molar-refractivity contribution in [1.82, 2.24) is 0 Å². The highest BCUT2D eigenvalue weighted by Crippen LogP contribution is 2.49. The summed E-state index contributed by atoms with van der Waals surface area (Å²) in [5.74, 6) is 0.0937. The van der Waals surface area contributed by atoms with Gasteiger partial charge in [0.1, 0.15) is 11.6 Å². The van der Waals surface area contributed by atoms with Crippen LogP contribution in [0.5, 0.6) is 0 Å². The van der Waals surface area contributed by atoms with Crippen LogP contribution in [0.3, 0.4) is 0 Å². The maximum Gasteiger partial charge on any atom is 0.416 e. The Morgan fingerprint density at radius 2 is 1.72 bits per heavy atom. The number of hydrogen-bond donors (Lipinski definition) is 0. The summed E-state index contributed by atoms with van der Waals surface area (Å²) in [5.41, 5.74) is 0.435. The Kier molecular flexibility index (Phi) is 5.43. The van der Waals surface area contributed by atoms with E-state index in [2.05, 4.69) is 6.92 Å². The average Bonchev–Trinajstić information content (AvgIpc) is 2.67. The molecule has 2 aliphatic rings. The van der Waals surface area contributed by atoms with Crippen molar-refractivity contribution in [3.63, 3.8) is 0 Å². The monoisotopic (exact) mass is 408 g/mol. The molecule has 1 saturated carbocycles. The van der Waals surface area contributed by atoms with E-state index in [1.54, 1.807) is 0 Å². The second-order valence-electron chi connectivity index (χ2n) is 8.56. The molecule has 2 aromatic carbocycles. The van der Waals surface area contributed by atoms with Gasteiger partial charge in [0.05, 0.1) is 11.1 Å². The molecule has 0 spiro atoms. The van der Waals surface area contributed by atoms with E-state index in [0.717, 1.165) is 55.5 Å². The van der Waals surface area contributed by atoms with Gasteiger partial charge in [0, 0.05) is 0 Å². The Hall–Kier alpha value is -1.91. The summed E-state index contributed by atoms with van der Waals surface area (Å²) in [6, 6.07) is 5.50. The van der Waals surface area contributed by atoms with Crippen molar-refractivity contribution < 1.29 is 22.0 Å². The molecule has 2 aliphatic carbocycles. The van der Waals surface area contributed by atoms with E-state index in [9.17, 15) is 17.6 Å². The minimum atomic E-state index is -4.48. The van der Waals surface area contributed by atoms with Crippen LogP contribution >= 0.6 is 0 Å². The van der Waals surface area contributed by atoms with Crippen molar-refractivity contribution in [2.45, 2.75) is 64.0 Å². The zero-order chi connectivity index (χ0) is 20.8. The van der Waals surface area contributed by atoms with Crippen molar-refractivity contribution in [3.05, 3.63) is 58.7 Å². The molecule has 0 amide bonds. The summed E-state index contributed by atoms with van der Waals surface area (Å²) in [5, 5.41) is 0. The van der Waals surface area contributed by atoms with Gasteiger partial charge < -0.3 is 0 Å². The highest BCUT2D eigenvalue weighted by molar-refractivity contribution is 5.67. The lowest BCUT2D eigenvalue weighted by Gasteiger charge is -2.41. The summed E-state index contributed by atoms with van der Waals surface area (Å²) in [7, 11) is 0. The first-order chi connectivity index (χ1) is 13.8. The van der Waals surface area contributed by atoms with Crippen molar-refractivity contribution in [1.29, 1.82) is 0 Å². The topological polar surface area (TPSA) is 0 Å². The van der Waals surface area contributed by atoms with Crippen LogP contribution in [-0.2, 0) is 12.6 Å². The lowest BCUT2D eigenvalue weighted by molar-refractivity contribution is -0.137. The van der Waals surface area contributed by atoms with Gasteiger partial charge in [0.15, 0.2) is 0 Å². The van der Waals surface area contributed by atoms with E-state index in [-0.39, 0.29) is 17.0 Å². The Balaban J connectivity index is 1.67. The number of alkyl halides is 3. The van der Waals surface area contributed by atoms with E-state index in [4.69, 9.17) is 0 Å². The van der Waals surface area contributed by atoms with Crippen LogP contribution in [0.2, 0.25) is 0 Å². The largest absolute Gasteiger partial charge is 0.416 e. The van der Waals surface area contributed by atoms with Crippen LogP contribution in [0.25, 0.3) is 11.1 Å². The second kappa shape index (κ2) is 7.73. The maximum atomic E-state index is 15.3. The van der Waals surface area contributed by atoms with Gasteiger partial charge in [-0.05, 0) is 84.7 Å². The fourth-order valence-corrected chi connectivity index (χ4v) is 5.44. The molecule has 1 fully saturated rings. The lowest BCUT2D eigenvalue weighted by Crippen LogP contribution is -2.29. The fourth-order valence-electron chi connectivity index (χ4n) is 5.44. The molecular weight excluding hydrogens is 383 g/mol. The van der Waals surface area contributed by atoms with E-state index in [1.807, 2.05) is 0 Å². The van der Waals surface area contributed by atoms with Crippen molar-refractivity contribution in [2.24, 2.45) is 11.8 Å². The third-order valence-corrected chi connectivity index (χ3v) is 6.81. The molecular formula is C24H25F5. The lowest BCUT2D eigenvalue weighted by atomic mass is 9.64. The first kappa shape index (κ1) is 20.4. The van der Waals surface area contributed by atoms with Crippen molar-refractivity contribution >= 4 is 0 Å². The summed E-state index contributed by atoms with van der Waals surface area (Å²) >= 11 is 0. The first-order valence-corrected chi connectivity index (χ1v) is 10.5. The van der Waals surface area contributed by atoms with Gasteiger partial charge in [0.2, 0.25) is 0 Å². The molecule has 3 atom stereocenters. The molecule has 156 valence electrons. The third-order valence-electron chi connectivity index (χ3n) is 6.81. The van der Waals surface area contributed by atoms with Gasteiger partial charge in [-0.2, -0.15) is 13.2 Å². The van der Waals surface area contributed by atoms with Crippen LogP contribution in [0.4, 0.5) is 22.0 Å². The molecule has 0 bridgehead atoms. The van der Waals surface area contributed by atoms with E-state index >= 15 is 4.39 Å². The number of rotatable bonds is 3. The predicted molar refractivity (Wildman–Crippen MR) is 104 cm³/mol. The standard InChI is InChI=1S/C24H25F5/c1-2-3-14-4-10-18-16(12-14)7-11-19-20(18)13-21(25)22(23(19)26)15-5-8-17(9-6-15)24(27,28)29/h5-6,8-9,13-14,16,18H,2-4,7,10-12H2,1H3/t14-,16-,18+/m1/s1. The molecule has 29 heavy (non-hydrogen) atoms. The molecule has 0 aliphatic heterocycles. The summed E-state index contributed by atoms with van der Waals surface area (Å²) in [6.07, 6.45) is 2.55. The molecule has 0 heterocycles. The van der Waals surface area contributed by atoms with Crippen LogP contribution < -0.4 is 0 Å². The maximum absolute atomic E-state index is 15.3. The predicted octanol–water partition coefficient (Wildman–Crippen LogP) is 7.90. The molecule has 0 saturated heterocycles. The Morgan fingerprint density at radius 3 is 2.38 bits per heavy atom. The summed E-state index contributed by atoms with van der Waals surface area (Å²) in [4.78, 5) is 0. The number of fused-ring (bicyclic) bond motifs is 3. The van der Waals surface area contributed by atoms with Gasteiger partial charge in [-0.25, -0.2) is 8.78 Å². The number of hydrogen-bond acceptors (Lipinski definition) is 0. The Bertz CT molecular complexity index is 882. The molecule has 0 unspecified atom stereocenters. The van der Waals surface area contributed by atoms with Crippen LogP contribution in [0.15, 0.2) is 30.3 Å². The molecule has 5 heteroatoms.